The summed E-state index contributed by atoms with van der Waals surface area (Å²) in [4.78, 5) is 23.8. The highest BCUT2D eigenvalue weighted by atomic mass is 35.5. The van der Waals surface area contributed by atoms with Gasteiger partial charge in [0.1, 0.15) is 5.75 Å². The van der Waals surface area contributed by atoms with Gasteiger partial charge in [0.05, 0.1) is 10.6 Å². The number of carbonyl (C=O) groups is 2. The minimum Gasteiger partial charge on any atom is -0.483 e. The van der Waals surface area contributed by atoms with Gasteiger partial charge in [0, 0.05) is 10.0 Å². The molecule has 132 valence electrons. The number of halogens is 3. The molecule has 2 rings (SSSR count). The van der Waals surface area contributed by atoms with Gasteiger partial charge in [-0.2, -0.15) is 0 Å². The quantitative estimate of drug-likeness (QED) is 0.758. The second-order valence-corrected chi connectivity index (χ2v) is 6.46. The standard InChI is InChI=1S/C17H15Cl3N2O3/c1-9-10(2)15(6-5-13(9)19)25-8-16(23)21-22-17(24)12-4-3-11(18)7-14(12)20/h3-7H,8H2,1-2H3,(H,21,23)(H,22,24). The van der Waals surface area contributed by atoms with Crippen molar-refractivity contribution in [1.29, 1.82) is 0 Å². The lowest BCUT2D eigenvalue weighted by atomic mass is 10.1. The molecule has 8 heteroatoms. The predicted molar refractivity (Wildman–Crippen MR) is 98.5 cm³/mol. The van der Waals surface area contributed by atoms with Crippen molar-refractivity contribution in [2.75, 3.05) is 6.61 Å². The molecule has 25 heavy (non-hydrogen) atoms. The first-order chi connectivity index (χ1) is 11.8. The van der Waals surface area contributed by atoms with E-state index in [-0.39, 0.29) is 17.2 Å². The van der Waals surface area contributed by atoms with Gasteiger partial charge in [-0.1, -0.05) is 34.8 Å². The molecule has 0 aromatic heterocycles. The van der Waals surface area contributed by atoms with Crippen molar-refractivity contribution in [3.8, 4) is 5.75 Å². The van der Waals surface area contributed by atoms with Crippen molar-refractivity contribution in [2.24, 2.45) is 0 Å². The van der Waals surface area contributed by atoms with Gasteiger partial charge < -0.3 is 4.74 Å². The van der Waals surface area contributed by atoms with E-state index in [1.807, 2.05) is 13.8 Å². The average molecular weight is 402 g/mol. The lowest BCUT2D eigenvalue weighted by molar-refractivity contribution is -0.123. The largest absolute Gasteiger partial charge is 0.483 e. The minimum absolute atomic E-state index is 0.183. The Hall–Kier alpha value is -1.95. The maximum atomic E-state index is 12.0. The molecule has 0 saturated heterocycles. The van der Waals surface area contributed by atoms with Gasteiger partial charge in [-0.15, -0.1) is 0 Å². The molecular formula is C17H15Cl3N2O3. The van der Waals surface area contributed by atoms with Gasteiger partial charge in [0.2, 0.25) is 0 Å². The lowest BCUT2D eigenvalue weighted by Gasteiger charge is -2.12. The third-order valence-corrected chi connectivity index (χ3v) is 4.48. The Labute approximate surface area is 160 Å². The molecule has 2 amide bonds. The number of hydrazine groups is 1. The fourth-order valence-corrected chi connectivity index (χ4v) is 2.66. The monoisotopic (exact) mass is 400 g/mol. The molecule has 2 aromatic rings. The summed E-state index contributed by atoms with van der Waals surface area (Å²) in [5.41, 5.74) is 6.44. The molecule has 0 unspecified atom stereocenters. The number of ether oxygens (including phenoxy) is 1. The van der Waals surface area contributed by atoms with E-state index in [4.69, 9.17) is 39.5 Å². The summed E-state index contributed by atoms with van der Waals surface area (Å²) in [5.74, 6) is -0.539. The molecule has 0 bridgehead atoms. The molecule has 0 fully saturated rings. The molecule has 0 atom stereocenters. The number of carbonyl (C=O) groups excluding carboxylic acids is 2. The first kappa shape index (κ1) is 19.4. The molecular weight excluding hydrogens is 387 g/mol. The number of nitrogens with one attached hydrogen (secondary N) is 2. The van der Waals surface area contributed by atoms with Crippen molar-refractivity contribution in [3.05, 3.63) is 62.1 Å². The van der Waals surface area contributed by atoms with E-state index in [1.54, 1.807) is 12.1 Å². The van der Waals surface area contributed by atoms with Crippen LogP contribution in [0.4, 0.5) is 0 Å². The molecule has 2 N–H and O–H groups in total. The molecule has 0 saturated carbocycles. The second kappa shape index (κ2) is 8.43. The van der Waals surface area contributed by atoms with Gasteiger partial charge in [-0.3, -0.25) is 20.4 Å². The summed E-state index contributed by atoms with van der Waals surface area (Å²) in [6.07, 6.45) is 0. The highest BCUT2D eigenvalue weighted by molar-refractivity contribution is 6.36. The first-order valence-electron chi connectivity index (χ1n) is 7.22. The highest BCUT2D eigenvalue weighted by Crippen LogP contribution is 2.27. The summed E-state index contributed by atoms with van der Waals surface area (Å²) >= 11 is 17.7. The van der Waals surface area contributed by atoms with Gasteiger partial charge in [0.15, 0.2) is 6.61 Å². The van der Waals surface area contributed by atoms with E-state index in [1.165, 1.54) is 18.2 Å². The van der Waals surface area contributed by atoms with E-state index in [0.717, 1.165) is 11.1 Å². The van der Waals surface area contributed by atoms with E-state index >= 15 is 0 Å². The summed E-state index contributed by atoms with van der Waals surface area (Å²) in [5, 5.41) is 1.22. The number of rotatable bonds is 4. The molecule has 0 radical (unpaired) electrons. The topological polar surface area (TPSA) is 67.4 Å². The van der Waals surface area contributed by atoms with Crippen LogP contribution in [0.15, 0.2) is 30.3 Å². The first-order valence-corrected chi connectivity index (χ1v) is 8.35. The second-order valence-electron chi connectivity index (χ2n) is 5.21. The maximum absolute atomic E-state index is 12.0. The van der Waals surface area contributed by atoms with Crippen LogP contribution in [-0.4, -0.2) is 18.4 Å². The van der Waals surface area contributed by atoms with Gasteiger partial charge in [-0.25, -0.2) is 0 Å². The molecule has 0 aliphatic heterocycles. The summed E-state index contributed by atoms with van der Waals surface area (Å²) in [6, 6.07) is 7.81. The van der Waals surface area contributed by atoms with Gasteiger partial charge >= 0.3 is 0 Å². The number of hydrogen-bond donors (Lipinski definition) is 2. The Kier molecular flexibility index (Phi) is 6.53. The SMILES string of the molecule is Cc1c(Cl)ccc(OCC(=O)NNC(=O)c2ccc(Cl)cc2Cl)c1C. The van der Waals surface area contributed by atoms with Crippen molar-refractivity contribution in [3.63, 3.8) is 0 Å². The van der Waals surface area contributed by atoms with Crippen LogP contribution in [0.25, 0.3) is 0 Å². The van der Waals surface area contributed by atoms with Crippen LogP contribution in [0, 0.1) is 13.8 Å². The number of amides is 2. The van der Waals surface area contributed by atoms with Crippen LogP contribution < -0.4 is 15.6 Å². The van der Waals surface area contributed by atoms with Crippen LogP contribution >= 0.6 is 34.8 Å². The van der Waals surface area contributed by atoms with Gasteiger partial charge in [-0.05, 0) is 55.3 Å². The Bertz CT molecular complexity index is 825. The molecule has 0 heterocycles. The lowest BCUT2D eigenvalue weighted by Crippen LogP contribution is -2.43. The molecule has 2 aromatic carbocycles. The Morgan fingerprint density at radius 2 is 1.68 bits per heavy atom. The van der Waals surface area contributed by atoms with Crippen LogP contribution in [0.2, 0.25) is 15.1 Å². The van der Waals surface area contributed by atoms with Crippen LogP contribution in [-0.2, 0) is 4.79 Å². The van der Waals surface area contributed by atoms with E-state index in [2.05, 4.69) is 10.9 Å². The highest BCUT2D eigenvalue weighted by Gasteiger charge is 2.13. The van der Waals surface area contributed by atoms with Crippen LogP contribution in [0.1, 0.15) is 21.5 Å². The van der Waals surface area contributed by atoms with Crippen LogP contribution in [0.3, 0.4) is 0 Å². The Balaban J connectivity index is 1.89. The van der Waals surface area contributed by atoms with Gasteiger partial charge in [0.25, 0.3) is 11.8 Å². The van der Waals surface area contributed by atoms with Crippen molar-refractivity contribution < 1.29 is 14.3 Å². The van der Waals surface area contributed by atoms with E-state index in [9.17, 15) is 9.59 Å². The molecule has 0 spiro atoms. The Morgan fingerprint density at radius 1 is 0.960 bits per heavy atom. The van der Waals surface area contributed by atoms with Crippen LogP contribution in [0.5, 0.6) is 5.75 Å². The number of hydrogen-bond acceptors (Lipinski definition) is 3. The average Bonchev–Trinajstić information content (AvgIpc) is 2.57. The third kappa shape index (κ3) is 5.01. The zero-order valence-electron chi connectivity index (χ0n) is 13.5. The Morgan fingerprint density at radius 3 is 2.36 bits per heavy atom. The fourth-order valence-electron chi connectivity index (χ4n) is 1.97. The summed E-state index contributed by atoms with van der Waals surface area (Å²) < 4.78 is 5.45. The van der Waals surface area contributed by atoms with Crippen molar-refractivity contribution >= 4 is 46.6 Å². The number of benzene rings is 2. The summed E-state index contributed by atoms with van der Waals surface area (Å²) in [6.45, 7) is 3.44. The smallest absolute Gasteiger partial charge is 0.276 e. The molecule has 0 aliphatic rings. The maximum Gasteiger partial charge on any atom is 0.276 e. The summed E-state index contributed by atoms with van der Waals surface area (Å²) in [7, 11) is 0. The predicted octanol–water partition coefficient (Wildman–Crippen LogP) is 4.10. The molecule has 0 aliphatic carbocycles. The fraction of sp³-hybridized carbons (Fsp3) is 0.176. The zero-order valence-corrected chi connectivity index (χ0v) is 15.7. The minimum atomic E-state index is -0.562. The third-order valence-electron chi connectivity index (χ3n) is 3.52. The van der Waals surface area contributed by atoms with Crippen molar-refractivity contribution in [1.82, 2.24) is 10.9 Å². The van der Waals surface area contributed by atoms with E-state index < -0.39 is 11.8 Å². The normalized spacial score (nSPS) is 10.3. The van der Waals surface area contributed by atoms with Crippen molar-refractivity contribution in [2.45, 2.75) is 13.8 Å². The van der Waals surface area contributed by atoms with E-state index in [0.29, 0.717) is 15.8 Å². The zero-order chi connectivity index (χ0) is 18.6. The molecule has 5 nitrogen and oxygen atoms in total.